The standard InChI is InChI=1S/C23H33N3O/c1-5-7-20(16-26(4)14-6-2)18-10-12-21(13-11-18)25-23(27)19-9-8-17(3)22(24)15-19/h8-13,15,20H,5-7,14,16,24H2,1-4H3,(H,25,27). The van der Waals surface area contributed by atoms with Gasteiger partial charge in [-0.1, -0.05) is 38.5 Å². The van der Waals surface area contributed by atoms with Crippen molar-refractivity contribution in [1.29, 1.82) is 0 Å². The number of anilines is 2. The van der Waals surface area contributed by atoms with Crippen molar-refractivity contribution in [3.8, 4) is 0 Å². The summed E-state index contributed by atoms with van der Waals surface area (Å²) in [5, 5.41) is 2.96. The molecule has 2 aromatic carbocycles. The third-order valence-corrected chi connectivity index (χ3v) is 4.96. The Labute approximate surface area is 163 Å². The minimum absolute atomic E-state index is 0.137. The number of nitrogens with zero attached hydrogens (tertiary/aromatic N) is 1. The van der Waals surface area contributed by atoms with Crippen molar-refractivity contribution >= 4 is 17.3 Å². The van der Waals surface area contributed by atoms with Gasteiger partial charge in [-0.3, -0.25) is 4.79 Å². The number of nitrogen functional groups attached to an aromatic ring is 1. The Morgan fingerprint density at radius 3 is 2.41 bits per heavy atom. The fraction of sp³-hybridized carbons (Fsp3) is 0.435. The molecule has 0 bridgehead atoms. The Morgan fingerprint density at radius 1 is 1.11 bits per heavy atom. The molecular weight excluding hydrogens is 334 g/mol. The van der Waals surface area contributed by atoms with Crippen LogP contribution in [0, 0.1) is 6.92 Å². The molecule has 4 heteroatoms. The van der Waals surface area contributed by atoms with E-state index in [-0.39, 0.29) is 5.91 Å². The quantitative estimate of drug-likeness (QED) is 0.609. The van der Waals surface area contributed by atoms with E-state index in [0.717, 1.165) is 30.8 Å². The molecule has 2 rings (SSSR count). The van der Waals surface area contributed by atoms with Gasteiger partial charge in [0.2, 0.25) is 0 Å². The summed E-state index contributed by atoms with van der Waals surface area (Å²) in [6.45, 7) is 8.56. The molecule has 4 nitrogen and oxygen atoms in total. The number of nitrogens with two attached hydrogens (primary N) is 1. The van der Waals surface area contributed by atoms with Crippen LogP contribution >= 0.6 is 0 Å². The van der Waals surface area contributed by atoms with E-state index in [1.54, 1.807) is 12.1 Å². The number of nitrogens with one attached hydrogen (secondary N) is 1. The molecule has 0 radical (unpaired) electrons. The highest BCUT2D eigenvalue weighted by Gasteiger charge is 2.14. The van der Waals surface area contributed by atoms with Crippen LogP contribution in [0.1, 0.15) is 60.5 Å². The zero-order valence-electron chi connectivity index (χ0n) is 17.1. The van der Waals surface area contributed by atoms with Crippen molar-refractivity contribution in [3.63, 3.8) is 0 Å². The molecule has 0 fully saturated rings. The molecule has 0 saturated carbocycles. The summed E-state index contributed by atoms with van der Waals surface area (Å²) in [4.78, 5) is 14.8. The van der Waals surface area contributed by atoms with E-state index in [2.05, 4.69) is 43.2 Å². The maximum atomic E-state index is 12.4. The lowest BCUT2D eigenvalue weighted by atomic mass is 9.93. The highest BCUT2D eigenvalue weighted by molar-refractivity contribution is 6.04. The van der Waals surface area contributed by atoms with Crippen LogP contribution in [-0.4, -0.2) is 30.9 Å². The topological polar surface area (TPSA) is 58.4 Å². The molecule has 0 saturated heterocycles. The summed E-state index contributed by atoms with van der Waals surface area (Å²) in [5.41, 5.74) is 10.2. The van der Waals surface area contributed by atoms with Gasteiger partial charge in [-0.05, 0) is 74.7 Å². The summed E-state index contributed by atoms with van der Waals surface area (Å²) >= 11 is 0. The van der Waals surface area contributed by atoms with E-state index in [9.17, 15) is 4.79 Å². The van der Waals surface area contributed by atoms with Gasteiger partial charge < -0.3 is 16.0 Å². The predicted octanol–water partition coefficient (Wildman–Crippen LogP) is 5.06. The maximum Gasteiger partial charge on any atom is 0.255 e. The third-order valence-electron chi connectivity index (χ3n) is 4.96. The number of likely N-dealkylation sites (N-methyl/N-ethyl adjacent to an activating group) is 1. The average molecular weight is 368 g/mol. The van der Waals surface area contributed by atoms with Gasteiger partial charge in [-0.2, -0.15) is 0 Å². The monoisotopic (exact) mass is 367 g/mol. The summed E-state index contributed by atoms with van der Waals surface area (Å²) in [7, 11) is 2.19. The van der Waals surface area contributed by atoms with E-state index in [0.29, 0.717) is 17.2 Å². The van der Waals surface area contributed by atoms with Crippen LogP contribution in [0.5, 0.6) is 0 Å². The fourth-order valence-corrected chi connectivity index (χ4v) is 3.38. The molecule has 1 atom stereocenters. The molecule has 0 aliphatic carbocycles. The van der Waals surface area contributed by atoms with Gasteiger partial charge >= 0.3 is 0 Å². The van der Waals surface area contributed by atoms with Gasteiger partial charge in [0, 0.05) is 23.5 Å². The lowest BCUT2D eigenvalue weighted by Gasteiger charge is -2.24. The molecule has 1 unspecified atom stereocenters. The smallest absolute Gasteiger partial charge is 0.255 e. The minimum Gasteiger partial charge on any atom is -0.398 e. The lowest BCUT2D eigenvalue weighted by Crippen LogP contribution is -2.25. The minimum atomic E-state index is -0.137. The number of carbonyl (C=O) groups is 1. The van der Waals surface area contributed by atoms with Crippen molar-refractivity contribution in [1.82, 2.24) is 4.90 Å². The zero-order chi connectivity index (χ0) is 19.8. The van der Waals surface area contributed by atoms with Crippen LogP contribution in [0.3, 0.4) is 0 Å². The Balaban J connectivity index is 2.05. The molecule has 0 aliphatic heterocycles. The molecule has 146 valence electrons. The highest BCUT2D eigenvalue weighted by Crippen LogP contribution is 2.24. The molecule has 0 heterocycles. The summed E-state index contributed by atoms with van der Waals surface area (Å²) < 4.78 is 0. The van der Waals surface area contributed by atoms with Gasteiger partial charge in [0.05, 0.1) is 0 Å². The molecule has 2 aromatic rings. The lowest BCUT2D eigenvalue weighted by molar-refractivity contribution is 0.102. The van der Waals surface area contributed by atoms with Crippen LogP contribution < -0.4 is 11.1 Å². The number of hydrogen-bond donors (Lipinski definition) is 2. The van der Waals surface area contributed by atoms with Crippen LogP contribution in [-0.2, 0) is 0 Å². The SMILES string of the molecule is CCCC(CN(C)CCC)c1ccc(NC(=O)c2ccc(C)c(N)c2)cc1. The van der Waals surface area contributed by atoms with Gasteiger partial charge in [0.15, 0.2) is 0 Å². The first kappa shape index (κ1) is 21.0. The zero-order valence-corrected chi connectivity index (χ0v) is 17.1. The normalized spacial score (nSPS) is 12.2. The van der Waals surface area contributed by atoms with E-state index >= 15 is 0 Å². The molecule has 0 aliphatic rings. The van der Waals surface area contributed by atoms with E-state index in [1.165, 1.54) is 18.4 Å². The molecule has 0 spiro atoms. The van der Waals surface area contributed by atoms with Crippen molar-refractivity contribution in [2.24, 2.45) is 0 Å². The van der Waals surface area contributed by atoms with Crippen LogP contribution in [0.4, 0.5) is 11.4 Å². The van der Waals surface area contributed by atoms with Gasteiger partial charge in [0.1, 0.15) is 0 Å². The fourth-order valence-electron chi connectivity index (χ4n) is 3.38. The van der Waals surface area contributed by atoms with Crippen molar-refractivity contribution in [2.45, 2.75) is 46.0 Å². The maximum absolute atomic E-state index is 12.4. The Morgan fingerprint density at radius 2 is 1.81 bits per heavy atom. The first-order valence-corrected chi connectivity index (χ1v) is 9.90. The van der Waals surface area contributed by atoms with Crippen LogP contribution in [0.15, 0.2) is 42.5 Å². The summed E-state index contributed by atoms with van der Waals surface area (Å²) in [6, 6.07) is 13.7. The Hall–Kier alpha value is -2.33. The van der Waals surface area contributed by atoms with Crippen LogP contribution in [0.2, 0.25) is 0 Å². The predicted molar refractivity (Wildman–Crippen MR) is 115 cm³/mol. The number of carbonyl (C=O) groups excluding carboxylic acids is 1. The van der Waals surface area contributed by atoms with Gasteiger partial charge in [-0.15, -0.1) is 0 Å². The molecule has 3 N–H and O–H groups in total. The molecule has 1 amide bonds. The third kappa shape index (κ3) is 6.10. The number of hydrogen-bond acceptors (Lipinski definition) is 3. The number of benzene rings is 2. The largest absolute Gasteiger partial charge is 0.398 e. The van der Waals surface area contributed by atoms with Gasteiger partial charge in [0.25, 0.3) is 5.91 Å². The van der Waals surface area contributed by atoms with Gasteiger partial charge in [-0.25, -0.2) is 0 Å². The second kappa shape index (κ2) is 10.1. The van der Waals surface area contributed by atoms with E-state index in [1.807, 2.05) is 25.1 Å². The highest BCUT2D eigenvalue weighted by atomic mass is 16.1. The average Bonchev–Trinajstić information content (AvgIpc) is 2.64. The van der Waals surface area contributed by atoms with Crippen molar-refractivity contribution in [3.05, 3.63) is 59.2 Å². The number of aryl methyl sites for hydroxylation is 1. The van der Waals surface area contributed by atoms with E-state index in [4.69, 9.17) is 5.73 Å². The summed E-state index contributed by atoms with van der Waals surface area (Å²) in [5.74, 6) is 0.385. The summed E-state index contributed by atoms with van der Waals surface area (Å²) in [6.07, 6.45) is 3.50. The molecule has 27 heavy (non-hydrogen) atoms. The van der Waals surface area contributed by atoms with Crippen molar-refractivity contribution in [2.75, 3.05) is 31.2 Å². The van der Waals surface area contributed by atoms with E-state index < -0.39 is 0 Å². The first-order valence-electron chi connectivity index (χ1n) is 9.90. The van der Waals surface area contributed by atoms with Crippen molar-refractivity contribution < 1.29 is 4.79 Å². The Bertz CT molecular complexity index is 740. The Kier molecular flexibility index (Phi) is 7.86. The number of amides is 1. The second-order valence-electron chi connectivity index (χ2n) is 7.40. The first-order chi connectivity index (χ1) is 12.9. The second-order valence-corrected chi connectivity index (χ2v) is 7.40. The molecule has 0 aromatic heterocycles. The molecular formula is C23H33N3O. The number of rotatable bonds is 9. The van der Waals surface area contributed by atoms with Crippen LogP contribution in [0.25, 0.3) is 0 Å².